The largest absolute Gasteiger partial charge is 0.505 e. The Morgan fingerprint density at radius 1 is 0.914 bits per heavy atom. The quantitative estimate of drug-likeness (QED) is 0.408. The molecule has 9 heteroatoms. The molecule has 1 heterocycles. The van der Waals surface area contributed by atoms with Gasteiger partial charge in [0.25, 0.3) is 0 Å². The molecule has 4 aromatic rings. The first kappa shape index (κ1) is 23.0. The molecule has 1 saturated carbocycles. The summed E-state index contributed by atoms with van der Waals surface area (Å²) >= 11 is 0. The van der Waals surface area contributed by atoms with Crippen molar-refractivity contribution in [3.05, 3.63) is 71.8 Å². The highest BCUT2D eigenvalue weighted by Gasteiger charge is 2.33. The molecule has 0 amide bonds. The van der Waals surface area contributed by atoms with Crippen LogP contribution in [-0.4, -0.2) is 39.6 Å². The summed E-state index contributed by atoms with van der Waals surface area (Å²) in [5, 5.41) is 29.8. The number of nitrogens with zero attached hydrogens (tertiary/aromatic N) is 3. The smallest absolute Gasteiger partial charge is 0.335 e. The average molecular weight is 492 g/mol. The molecule has 8 nitrogen and oxygen atoms in total. The van der Waals surface area contributed by atoms with Crippen LogP contribution in [-0.2, 0) is 15.3 Å². The zero-order valence-electron chi connectivity index (χ0n) is 19.2. The van der Waals surface area contributed by atoms with E-state index < -0.39 is 15.8 Å². The molecule has 1 aromatic heterocycles. The molecule has 5 rings (SSSR count). The Labute approximate surface area is 202 Å². The van der Waals surface area contributed by atoms with Gasteiger partial charge in [-0.15, -0.1) is 15.0 Å². The van der Waals surface area contributed by atoms with Crippen molar-refractivity contribution in [2.75, 3.05) is 0 Å². The number of phenolic OH excluding ortho intramolecular Hbond substituents is 1. The fourth-order valence-electron chi connectivity index (χ4n) is 4.86. The summed E-state index contributed by atoms with van der Waals surface area (Å²) in [4.78, 5) is 13.3. The normalized spacial score (nSPS) is 15.8. The molecule has 0 saturated heterocycles. The van der Waals surface area contributed by atoms with Crippen molar-refractivity contribution in [1.82, 2.24) is 15.0 Å². The number of carboxylic acids is 1. The number of hydrogen-bond donors (Lipinski definition) is 2. The van der Waals surface area contributed by atoms with Gasteiger partial charge in [0.2, 0.25) is 9.84 Å². The Kier molecular flexibility index (Phi) is 5.59. The molecule has 3 aromatic carbocycles. The highest BCUT2D eigenvalue weighted by molar-refractivity contribution is 7.91. The molecule has 180 valence electrons. The first-order valence-electron chi connectivity index (χ1n) is 11.5. The van der Waals surface area contributed by atoms with E-state index in [1.165, 1.54) is 35.1 Å². The molecule has 1 fully saturated rings. The minimum absolute atomic E-state index is 0.0355. The number of aromatic hydroxyl groups is 1. The van der Waals surface area contributed by atoms with E-state index in [2.05, 4.69) is 10.2 Å². The fraction of sp³-hybridized carbons (Fsp3) is 0.269. The van der Waals surface area contributed by atoms with Gasteiger partial charge in [-0.25, -0.2) is 13.2 Å². The third-order valence-corrected chi connectivity index (χ3v) is 8.64. The van der Waals surface area contributed by atoms with Gasteiger partial charge in [0, 0.05) is 5.56 Å². The van der Waals surface area contributed by atoms with Crippen LogP contribution in [0.4, 0.5) is 0 Å². The topological polar surface area (TPSA) is 122 Å². The zero-order chi connectivity index (χ0) is 24.8. The summed E-state index contributed by atoms with van der Waals surface area (Å²) in [7, 11) is -3.75. The number of carboxylic acid groups (broad SMARTS) is 1. The first-order chi connectivity index (χ1) is 16.7. The highest BCUT2D eigenvalue weighted by atomic mass is 32.2. The first-order valence-corrected chi connectivity index (χ1v) is 13.0. The van der Waals surface area contributed by atoms with Crippen LogP contribution in [0.5, 0.6) is 5.75 Å². The van der Waals surface area contributed by atoms with Gasteiger partial charge in [0.05, 0.1) is 15.4 Å². The number of hydrogen-bond acceptors (Lipinski definition) is 6. The van der Waals surface area contributed by atoms with Gasteiger partial charge in [-0.2, -0.15) is 0 Å². The average Bonchev–Trinajstić information content (AvgIpc) is 3.28. The lowest BCUT2D eigenvalue weighted by molar-refractivity contribution is 0.0696. The summed E-state index contributed by atoms with van der Waals surface area (Å²) in [6.07, 6.45) is 4.81. The molecule has 0 unspecified atom stereocenters. The second-order valence-electron chi connectivity index (χ2n) is 9.27. The van der Waals surface area contributed by atoms with Gasteiger partial charge in [0.15, 0.2) is 0 Å². The third kappa shape index (κ3) is 4.05. The summed E-state index contributed by atoms with van der Waals surface area (Å²) in [5.41, 5.74) is 1.13. The number of sulfone groups is 1. The minimum atomic E-state index is -3.75. The predicted molar refractivity (Wildman–Crippen MR) is 130 cm³/mol. The molecule has 1 aliphatic rings. The Balaban J connectivity index is 1.63. The molecule has 35 heavy (non-hydrogen) atoms. The molecule has 1 aliphatic carbocycles. The van der Waals surface area contributed by atoms with E-state index in [1.54, 1.807) is 30.3 Å². The monoisotopic (exact) mass is 491 g/mol. The highest BCUT2D eigenvalue weighted by Crippen LogP contribution is 2.45. The number of benzene rings is 3. The van der Waals surface area contributed by atoms with Crippen LogP contribution in [0.3, 0.4) is 0 Å². The van der Waals surface area contributed by atoms with Crippen LogP contribution in [0.1, 0.15) is 54.9 Å². The van der Waals surface area contributed by atoms with E-state index in [9.17, 15) is 23.4 Å². The van der Waals surface area contributed by atoms with Crippen LogP contribution in [0.25, 0.3) is 16.7 Å². The van der Waals surface area contributed by atoms with Gasteiger partial charge >= 0.3 is 5.97 Å². The maximum Gasteiger partial charge on any atom is 0.335 e. The molecule has 0 aliphatic heterocycles. The standard InChI is InChI=1S/C26H25N3O5S/c1-26(12-6-3-7-13-26)20-14-17(25(31)32)15-23(24(20)30)29-27-21-11-10-19(16-22(21)28-29)35(33,34)18-8-4-2-5-9-18/h2,4-5,8-11,14-16,30H,3,6-7,12-13H2,1H3,(H,31,32). The second-order valence-corrected chi connectivity index (χ2v) is 11.2. The molecule has 0 bridgehead atoms. The Morgan fingerprint density at radius 3 is 2.29 bits per heavy atom. The molecule has 0 atom stereocenters. The number of phenols is 1. The van der Waals surface area contributed by atoms with Gasteiger partial charge < -0.3 is 10.2 Å². The molecule has 2 N–H and O–H groups in total. The van der Waals surface area contributed by atoms with E-state index >= 15 is 0 Å². The van der Waals surface area contributed by atoms with E-state index in [1.807, 2.05) is 6.92 Å². The van der Waals surface area contributed by atoms with Crippen molar-refractivity contribution in [1.29, 1.82) is 0 Å². The van der Waals surface area contributed by atoms with E-state index in [-0.39, 0.29) is 32.2 Å². The predicted octanol–water partition coefficient (Wildman–Crippen LogP) is 4.88. The lowest BCUT2D eigenvalue weighted by Crippen LogP contribution is -2.26. The van der Waals surface area contributed by atoms with Gasteiger partial charge in [0.1, 0.15) is 22.5 Å². The molecular weight excluding hydrogens is 466 g/mol. The Bertz CT molecular complexity index is 1540. The molecular formula is C26H25N3O5S. The summed E-state index contributed by atoms with van der Waals surface area (Å²) in [6.45, 7) is 2.05. The van der Waals surface area contributed by atoms with Crippen LogP contribution < -0.4 is 0 Å². The summed E-state index contributed by atoms with van der Waals surface area (Å²) < 4.78 is 26.0. The van der Waals surface area contributed by atoms with Crippen molar-refractivity contribution in [3.63, 3.8) is 0 Å². The number of aromatic carboxylic acids is 1. The Morgan fingerprint density at radius 2 is 1.60 bits per heavy atom. The van der Waals surface area contributed by atoms with Crippen molar-refractivity contribution in [2.45, 2.75) is 54.2 Å². The van der Waals surface area contributed by atoms with E-state index in [4.69, 9.17) is 0 Å². The second kappa shape index (κ2) is 8.49. The SMILES string of the molecule is CC1(c2cc(C(=O)O)cc(-n3nc4ccc(S(=O)(=O)c5ccccc5)cc4n3)c2O)CCCCC1. The van der Waals surface area contributed by atoms with Gasteiger partial charge in [-0.1, -0.05) is 44.4 Å². The van der Waals surface area contributed by atoms with Gasteiger partial charge in [-0.05, 0) is 60.7 Å². The van der Waals surface area contributed by atoms with Crippen LogP contribution in [0.2, 0.25) is 0 Å². The van der Waals surface area contributed by atoms with Crippen LogP contribution >= 0.6 is 0 Å². The molecule has 0 spiro atoms. The fourth-order valence-corrected chi connectivity index (χ4v) is 6.16. The zero-order valence-corrected chi connectivity index (χ0v) is 20.0. The Hall–Kier alpha value is -3.72. The van der Waals surface area contributed by atoms with E-state index in [0.29, 0.717) is 16.6 Å². The van der Waals surface area contributed by atoms with Crippen molar-refractivity contribution in [3.8, 4) is 11.4 Å². The summed E-state index contributed by atoms with van der Waals surface area (Å²) in [6, 6.07) is 15.4. The van der Waals surface area contributed by atoms with Crippen molar-refractivity contribution >= 4 is 26.8 Å². The minimum Gasteiger partial charge on any atom is -0.505 e. The number of rotatable bonds is 5. The van der Waals surface area contributed by atoms with Crippen LogP contribution in [0, 0.1) is 0 Å². The van der Waals surface area contributed by atoms with Gasteiger partial charge in [-0.3, -0.25) is 0 Å². The number of aromatic nitrogens is 3. The van der Waals surface area contributed by atoms with Crippen molar-refractivity contribution in [2.24, 2.45) is 0 Å². The maximum absolute atomic E-state index is 13.0. The summed E-state index contributed by atoms with van der Waals surface area (Å²) in [5.74, 6) is -1.17. The van der Waals surface area contributed by atoms with Crippen molar-refractivity contribution < 1.29 is 23.4 Å². The van der Waals surface area contributed by atoms with Crippen LogP contribution in [0.15, 0.2) is 70.5 Å². The van der Waals surface area contributed by atoms with E-state index in [0.717, 1.165) is 32.1 Å². The lowest BCUT2D eigenvalue weighted by atomic mass is 9.70. The lowest BCUT2D eigenvalue weighted by Gasteiger charge is -2.35. The number of fused-ring (bicyclic) bond motifs is 1. The number of carbonyl (C=O) groups is 1. The molecule has 0 radical (unpaired) electrons. The third-order valence-electron chi connectivity index (χ3n) is 6.88. The maximum atomic E-state index is 13.0.